The Kier molecular flexibility index (Phi) is 4.05. The maximum Gasteiger partial charge on any atom is 0.275 e. The van der Waals surface area contributed by atoms with Gasteiger partial charge in [-0.15, -0.1) is 0 Å². The second-order valence-electron chi connectivity index (χ2n) is 5.91. The minimum Gasteiger partial charge on any atom is -0.328 e. The third-order valence-corrected chi connectivity index (χ3v) is 5.06. The van der Waals surface area contributed by atoms with Crippen molar-refractivity contribution < 1.29 is 0 Å². The Labute approximate surface area is 127 Å². The summed E-state index contributed by atoms with van der Waals surface area (Å²) < 4.78 is 1.40. The van der Waals surface area contributed by atoms with Crippen LogP contribution in [0, 0.1) is 6.92 Å². The van der Waals surface area contributed by atoms with E-state index in [1.54, 1.807) is 0 Å². The van der Waals surface area contributed by atoms with E-state index in [0.717, 1.165) is 42.9 Å². The molecule has 0 spiro atoms. The van der Waals surface area contributed by atoms with Crippen molar-refractivity contribution in [2.24, 2.45) is 5.73 Å². The lowest BCUT2D eigenvalue weighted by atomic mass is 9.91. The molecule has 0 saturated heterocycles. The zero-order valence-corrected chi connectivity index (χ0v) is 13.3. The van der Waals surface area contributed by atoms with E-state index in [1.165, 1.54) is 21.9 Å². The Morgan fingerprint density at radius 2 is 2.14 bits per heavy atom. The fraction of sp³-hybridized carbons (Fsp3) is 0.643. The van der Waals surface area contributed by atoms with Crippen LogP contribution < -0.4 is 11.3 Å². The summed E-state index contributed by atoms with van der Waals surface area (Å²) in [7, 11) is 2.12. The third-order valence-electron chi connectivity index (χ3n) is 4.16. The van der Waals surface area contributed by atoms with E-state index in [2.05, 4.69) is 22.0 Å². The third kappa shape index (κ3) is 3.14. The SMILES string of the molecule is Cc1cc(=O)n2nc(CN(C)C3CCC(N)CC3)sc2n1. The standard InChI is InChI=1S/C14H21N5OS/c1-9-7-13(20)19-14(16-9)21-12(17-19)8-18(2)11-5-3-10(15)4-6-11/h7,10-11H,3-6,8,15H2,1-2H3. The molecular formula is C14H21N5OS. The molecule has 0 atom stereocenters. The lowest BCUT2D eigenvalue weighted by Gasteiger charge is -2.32. The molecule has 114 valence electrons. The molecule has 21 heavy (non-hydrogen) atoms. The highest BCUT2D eigenvalue weighted by Crippen LogP contribution is 2.23. The van der Waals surface area contributed by atoms with Gasteiger partial charge in [-0.2, -0.15) is 9.61 Å². The van der Waals surface area contributed by atoms with Crippen molar-refractivity contribution in [1.82, 2.24) is 19.5 Å². The smallest absolute Gasteiger partial charge is 0.275 e. The normalized spacial score (nSPS) is 23.0. The highest BCUT2D eigenvalue weighted by Gasteiger charge is 2.22. The molecule has 1 aliphatic rings. The number of rotatable bonds is 3. The lowest BCUT2D eigenvalue weighted by Crippen LogP contribution is -2.38. The van der Waals surface area contributed by atoms with E-state index in [-0.39, 0.29) is 5.56 Å². The number of aromatic nitrogens is 3. The van der Waals surface area contributed by atoms with Crippen molar-refractivity contribution in [3.8, 4) is 0 Å². The predicted molar refractivity (Wildman–Crippen MR) is 83.6 cm³/mol. The van der Waals surface area contributed by atoms with Crippen LogP contribution in [-0.2, 0) is 6.54 Å². The molecule has 6 nitrogen and oxygen atoms in total. The summed E-state index contributed by atoms with van der Waals surface area (Å²) in [6.07, 6.45) is 4.46. The molecule has 2 N–H and O–H groups in total. The molecular weight excluding hydrogens is 286 g/mol. The molecule has 1 saturated carbocycles. The molecule has 0 bridgehead atoms. The van der Waals surface area contributed by atoms with Crippen LogP contribution in [0.4, 0.5) is 0 Å². The fourth-order valence-corrected chi connectivity index (χ4v) is 3.92. The summed E-state index contributed by atoms with van der Waals surface area (Å²) in [5.74, 6) is 0. The van der Waals surface area contributed by atoms with Crippen LogP contribution in [0.25, 0.3) is 4.96 Å². The van der Waals surface area contributed by atoms with Crippen LogP contribution in [0.3, 0.4) is 0 Å². The van der Waals surface area contributed by atoms with Gasteiger partial charge in [-0.3, -0.25) is 9.69 Å². The summed E-state index contributed by atoms with van der Waals surface area (Å²) in [6, 6.07) is 2.44. The molecule has 1 aliphatic carbocycles. The minimum absolute atomic E-state index is 0.105. The second-order valence-corrected chi connectivity index (χ2v) is 6.95. The van der Waals surface area contributed by atoms with E-state index in [0.29, 0.717) is 17.0 Å². The Morgan fingerprint density at radius 3 is 2.86 bits per heavy atom. The van der Waals surface area contributed by atoms with Crippen LogP contribution in [0.2, 0.25) is 0 Å². The second kappa shape index (κ2) is 5.82. The highest BCUT2D eigenvalue weighted by molar-refractivity contribution is 7.16. The topological polar surface area (TPSA) is 76.5 Å². The predicted octanol–water partition coefficient (Wildman–Crippen LogP) is 1.16. The molecule has 0 aromatic carbocycles. The van der Waals surface area contributed by atoms with Gasteiger partial charge in [0.2, 0.25) is 4.96 Å². The van der Waals surface area contributed by atoms with Crippen molar-refractivity contribution >= 4 is 16.3 Å². The zero-order valence-electron chi connectivity index (χ0n) is 12.5. The van der Waals surface area contributed by atoms with Crippen molar-refractivity contribution in [3.05, 3.63) is 27.1 Å². The highest BCUT2D eigenvalue weighted by atomic mass is 32.1. The van der Waals surface area contributed by atoms with Crippen LogP contribution in [-0.4, -0.2) is 38.6 Å². The number of aryl methyl sites for hydroxylation is 1. The Morgan fingerprint density at radius 1 is 1.43 bits per heavy atom. The number of hydrogen-bond donors (Lipinski definition) is 1. The van der Waals surface area contributed by atoms with Crippen LogP contribution in [0.15, 0.2) is 10.9 Å². The maximum atomic E-state index is 11.9. The first kappa shape index (κ1) is 14.6. The van der Waals surface area contributed by atoms with Gasteiger partial charge in [0.15, 0.2) is 0 Å². The quantitative estimate of drug-likeness (QED) is 0.921. The van der Waals surface area contributed by atoms with Gasteiger partial charge in [-0.25, -0.2) is 4.98 Å². The summed E-state index contributed by atoms with van der Waals surface area (Å²) in [5.41, 5.74) is 6.59. The van der Waals surface area contributed by atoms with Gasteiger partial charge in [0.1, 0.15) is 5.01 Å². The lowest BCUT2D eigenvalue weighted by molar-refractivity contribution is 0.175. The van der Waals surface area contributed by atoms with Gasteiger partial charge < -0.3 is 5.73 Å². The average molecular weight is 307 g/mol. The molecule has 7 heteroatoms. The Bertz CT molecular complexity index is 686. The Hall–Kier alpha value is -1.31. The van der Waals surface area contributed by atoms with Crippen molar-refractivity contribution in [1.29, 1.82) is 0 Å². The van der Waals surface area contributed by atoms with Crippen LogP contribution >= 0.6 is 11.3 Å². The first-order valence-electron chi connectivity index (χ1n) is 7.35. The fourth-order valence-electron chi connectivity index (χ4n) is 2.91. The maximum absolute atomic E-state index is 11.9. The molecule has 0 radical (unpaired) electrons. The molecule has 2 aromatic rings. The van der Waals surface area contributed by atoms with E-state index < -0.39 is 0 Å². The van der Waals surface area contributed by atoms with Crippen LogP contribution in [0.5, 0.6) is 0 Å². The van der Waals surface area contributed by atoms with Crippen molar-refractivity contribution in [2.45, 2.75) is 51.2 Å². The van der Waals surface area contributed by atoms with E-state index in [4.69, 9.17) is 5.73 Å². The molecule has 2 aromatic heterocycles. The number of nitrogens with zero attached hydrogens (tertiary/aromatic N) is 4. The van der Waals surface area contributed by atoms with E-state index >= 15 is 0 Å². The van der Waals surface area contributed by atoms with Gasteiger partial charge in [-0.05, 0) is 39.7 Å². The van der Waals surface area contributed by atoms with Crippen LogP contribution in [0.1, 0.15) is 36.4 Å². The zero-order chi connectivity index (χ0) is 15.0. The molecule has 0 aliphatic heterocycles. The number of nitrogens with two attached hydrogens (primary N) is 1. The minimum atomic E-state index is -0.105. The average Bonchev–Trinajstić information content (AvgIpc) is 2.82. The van der Waals surface area contributed by atoms with E-state index in [1.807, 2.05) is 6.92 Å². The van der Waals surface area contributed by atoms with Crippen molar-refractivity contribution in [3.63, 3.8) is 0 Å². The Balaban J connectivity index is 1.75. The number of fused-ring (bicyclic) bond motifs is 1. The van der Waals surface area contributed by atoms with Gasteiger partial charge in [0.05, 0.1) is 6.54 Å². The van der Waals surface area contributed by atoms with Gasteiger partial charge >= 0.3 is 0 Å². The van der Waals surface area contributed by atoms with Crippen molar-refractivity contribution in [2.75, 3.05) is 7.05 Å². The first-order valence-corrected chi connectivity index (χ1v) is 8.17. The van der Waals surface area contributed by atoms with Gasteiger partial charge in [0, 0.05) is 23.8 Å². The van der Waals surface area contributed by atoms with Gasteiger partial charge in [-0.1, -0.05) is 11.3 Å². The molecule has 0 unspecified atom stereocenters. The monoisotopic (exact) mass is 307 g/mol. The molecule has 0 amide bonds. The van der Waals surface area contributed by atoms with Gasteiger partial charge in [0.25, 0.3) is 5.56 Å². The summed E-state index contributed by atoms with van der Waals surface area (Å²) >= 11 is 1.49. The number of hydrogen-bond acceptors (Lipinski definition) is 6. The molecule has 1 fully saturated rings. The molecule has 2 heterocycles. The summed E-state index contributed by atoms with van der Waals surface area (Å²) in [6.45, 7) is 2.59. The first-order chi connectivity index (χ1) is 10.0. The summed E-state index contributed by atoms with van der Waals surface area (Å²) in [4.78, 5) is 19.2. The molecule has 3 rings (SSSR count). The summed E-state index contributed by atoms with van der Waals surface area (Å²) in [5, 5.41) is 5.33. The largest absolute Gasteiger partial charge is 0.328 e. The van der Waals surface area contributed by atoms with E-state index in [9.17, 15) is 4.79 Å².